The Morgan fingerprint density at radius 2 is 1.63 bits per heavy atom. The van der Waals surface area contributed by atoms with Crippen molar-refractivity contribution in [2.45, 2.75) is 64.5 Å². The largest absolute Gasteiger partial charge is 0.345 e. The third-order valence-corrected chi connectivity index (χ3v) is 6.45. The zero-order chi connectivity index (χ0) is 21.1. The molecule has 1 heterocycles. The van der Waals surface area contributed by atoms with Crippen molar-refractivity contribution in [2.24, 2.45) is 0 Å². The summed E-state index contributed by atoms with van der Waals surface area (Å²) in [5, 5.41) is 4.60. The molecule has 3 aromatic rings. The second-order valence-corrected chi connectivity index (χ2v) is 8.32. The molecule has 1 N–H and O–H groups in total. The minimum atomic E-state index is -0.107. The average molecular weight is 403 g/mol. The van der Waals surface area contributed by atoms with Crippen molar-refractivity contribution in [3.05, 3.63) is 81.8 Å². The Balaban J connectivity index is 1.81. The molecule has 1 atom stereocenters. The molecule has 4 rings (SSSR count). The summed E-state index contributed by atoms with van der Waals surface area (Å²) in [5.41, 5.74) is 2.54. The van der Waals surface area contributed by atoms with Gasteiger partial charge in [-0.1, -0.05) is 74.7 Å². The first-order valence-electron chi connectivity index (χ1n) is 11.1. The molecule has 4 heteroatoms. The Morgan fingerprint density at radius 1 is 1.00 bits per heavy atom. The number of nitrogens with one attached hydrogen (secondary N) is 1. The van der Waals surface area contributed by atoms with E-state index in [9.17, 15) is 9.59 Å². The van der Waals surface area contributed by atoms with Gasteiger partial charge in [0.15, 0.2) is 0 Å². The second kappa shape index (κ2) is 8.86. The van der Waals surface area contributed by atoms with Crippen LogP contribution in [0.3, 0.4) is 0 Å². The summed E-state index contributed by atoms with van der Waals surface area (Å²) in [6.07, 6.45) is 6.30. The van der Waals surface area contributed by atoms with Crippen LogP contribution in [-0.4, -0.2) is 10.5 Å². The molecular formula is C26H30N2O2. The number of pyridine rings is 1. The highest BCUT2D eigenvalue weighted by molar-refractivity contribution is 6.07. The predicted octanol–water partition coefficient (Wildman–Crippen LogP) is 5.70. The molecule has 1 amide bonds. The van der Waals surface area contributed by atoms with E-state index in [4.69, 9.17) is 0 Å². The molecule has 0 radical (unpaired) electrons. The molecule has 1 fully saturated rings. The van der Waals surface area contributed by atoms with Crippen molar-refractivity contribution in [3.8, 4) is 0 Å². The van der Waals surface area contributed by atoms with Crippen LogP contribution in [-0.2, 0) is 0 Å². The van der Waals surface area contributed by atoms with Gasteiger partial charge in [0, 0.05) is 22.5 Å². The van der Waals surface area contributed by atoms with Crippen molar-refractivity contribution in [1.82, 2.24) is 9.88 Å². The number of carbonyl (C=O) groups is 1. The number of aromatic nitrogens is 1. The second-order valence-electron chi connectivity index (χ2n) is 8.32. The first kappa shape index (κ1) is 20.4. The lowest BCUT2D eigenvalue weighted by Crippen LogP contribution is -2.34. The maximum Gasteiger partial charge on any atom is 0.258 e. The zero-order valence-electron chi connectivity index (χ0n) is 17.9. The quantitative estimate of drug-likeness (QED) is 0.595. The van der Waals surface area contributed by atoms with Gasteiger partial charge in [0.2, 0.25) is 0 Å². The molecule has 1 saturated carbocycles. The van der Waals surface area contributed by atoms with Gasteiger partial charge >= 0.3 is 0 Å². The molecule has 156 valence electrons. The number of nitrogens with zero attached hydrogens (tertiary/aromatic N) is 1. The molecular weight excluding hydrogens is 372 g/mol. The van der Waals surface area contributed by atoms with E-state index in [2.05, 4.69) is 12.2 Å². The summed E-state index contributed by atoms with van der Waals surface area (Å²) in [6, 6.07) is 17.7. The van der Waals surface area contributed by atoms with Crippen LogP contribution in [0.5, 0.6) is 0 Å². The van der Waals surface area contributed by atoms with Crippen LogP contribution < -0.4 is 10.9 Å². The van der Waals surface area contributed by atoms with Crippen molar-refractivity contribution in [1.29, 1.82) is 0 Å². The Kier molecular flexibility index (Phi) is 6.03. The van der Waals surface area contributed by atoms with Gasteiger partial charge in [-0.3, -0.25) is 9.59 Å². The van der Waals surface area contributed by atoms with Crippen LogP contribution in [0, 0.1) is 6.92 Å². The molecule has 0 saturated heterocycles. The molecule has 4 nitrogen and oxygen atoms in total. The van der Waals surface area contributed by atoms with E-state index >= 15 is 0 Å². The molecule has 2 aromatic carbocycles. The molecule has 1 aliphatic carbocycles. The van der Waals surface area contributed by atoms with E-state index in [1.54, 1.807) is 0 Å². The maximum absolute atomic E-state index is 13.5. The van der Waals surface area contributed by atoms with Crippen molar-refractivity contribution in [3.63, 3.8) is 0 Å². The van der Waals surface area contributed by atoms with Gasteiger partial charge in [-0.2, -0.15) is 0 Å². The van der Waals surface area contributed by atoms with Gasteiger partial charge < -0.3 is 9.88 Å². The number of benzene rings is 2. The zero-order valence-corrected chi connectivity index (χ0v) is 17.9. The van der Waals surface area contributed by atoms with Gasteiger partial charge in [0.1, 0.15) is 0 Å². The number of amides is 1. The summed E-state index contributed by atoms with van der Waals surface area (Å²) >= 11 is 0. The lowest BCUT2D eigenvalue weighted by Gasteiger charge is -2.28. The Labute approximate surface area is 177 Å². The third-order valence-electron chi connectivity index (χ3n) is 6.45. The Hall–Kier alpha value is -2.88. The summed E-state index contributed by atoms with van der Waals surface area (Å²) in [5.74, 6) is -0.107. The lowest BCUT2D eigenvalue weighted by molar-refractivity contribution is 0.0935. The standard InChI is InChI=1S/C26H30N2O2/c1-3-23(19-12-6-4-7-13-19)27-25(29)24-18(2)28(20-14-8-5-9-15-20)26(30)22-17-11-10-16-21(22)24/h4,6-7,10-13,16-17,20,23H,3,5,8-9,14-15H2,1-2H3,(H,27,29)/t23-/m0/s1. The number of rotatable bonds is 5. The maximum atomic E-state index is 13.5. The van der Waals surface area contributed by atoms with Crippen LogP contribution >= 0.6 is 0 Å². The van der Waals surface area contributed by atoms with Crippen molar-refractivity contribution in [2.75, 3.05) is 0 Å². The van der Waals surface area contributed by atoms with Crippen LogP contribution in [0.15, 0.2) is 59.4 Å². The highest BCUT2D eigenvalue weighted by atomic mass is 16.2. The normalized spacial score (nSPS) is 15.8. The Bertz CT molecular complexity index is 1100. The minimum Gasteiger partial charge on any atom is -0.345 e. The molecule has 1 aliphatic rings. The number of fused-ring (bicyclic) bond motifs is 1. The van der Waals surface area contributed by atoms with E-state index in [0.29, 0.717) is 10.9 Å². The lowest BCUT2D eigenvalue weighted by atomic mass is 9.93. The van der Waals surface area contributed by atoms with Gasteiger partial charge in [-0.15, -0.1) is 0 Å². The molecule has 0 spiro atoms. The van der Waals surface area contributed by atoms with Crippen LogP contribution in [0.4, 0.5) is 0 Å². The van der Waals surface area contributed by atoms with E-state index in [1.165, 1.54) is 6.42 Å². The van der Waals surface area contributed by atoms with E-state index in [1.807, 2.05) is 66.1 Å². The highest BCUT2D eigenvalue weighted by Gasteiger charge is 2.25. The topological polar surface area (TPSA) is 51.1 Å². The number of carbonyl (C=O) groups excluding carboxylic acids is 1. The summed E-state index contributed by atoms with van der Waals surface area (Å²) < 4.78 is 1.90. The van der Waals surface area contributed by atoms with E-state index in [0.717, 1.165) is 48.7 Å². The van der Waals surface area contributed by atoms with E-state index < -0.39 is 0 Å². The van der Waals surface area contributed by atoms with Crippen molar-refractivity contribution < 1.29 is 4.79 Å². The predicted molar refractivity (Wildman–Crippen MR) is 122 cm³/mol. The fourth-order valence-electron chi connectivity index (χ4n) is 4.89. The van der Waals surface area contributed by atoms with Crippen LogP contribution in [0.25, 0.3) is 10.8 Å². The van der Waals surface area contributed by atoms with Gasteiger partial charge in [-0.05, 0) is 37.8 Å². The fraction of sp³-hybridized carbons (Fsp3) is 0.385. The molecule has 30 heavy (non-hydrogen) atoms. The Morgan fingerprint density at radius 3 is 2.30 bits per heavy atom. The summed E-state index contributed by atoms with van der Waals surface area (Å²) in [7, 11) is 0. The smallest absolute Gasteiger partial charge is 0.258 e. The van der Waals surface area contributed by atoms with E-state index in [-0.39, 0.29) is 23.6 Å². The highest BCUT2D eigenvalue weighted by Crippen LogP contribution is 2.31. The first-order valence-corrected chi connectivity index (χ1v) is 11.1. The van der Waals surface area contributed by atoms with Gasteiger partial charge in [0.05, 0.1) is 11.6 Å². The fourth-order valence-corrected chi connectivity index (χ4v) is 4.89. The number of hydrogen-bond donors (Lipinski definition) is 1. The first-order chi connectivity index (χ1) is 14.6. The monoisotopic (exact) mass is 402 g/mol. The molecule has 1 aromatic heterocycles. The number of hydrogen-bond acceptors (Lipinski definition) is 2. The third kappa shape index (κ3) is 3.79. The van der Waals surface area contributed by atoms with Crippen molar-refractivity contribution >= 4 is 16.7 Å². The summed E-state index contributed by atoms with van der Waals surface area (Å²) in [6.45, 7) is 4.01. The van der Waals surface area contributed by atoms with Crippen LogP contribution in [0.2, 0.25) is 0 Å². The minimum absolute atomic E-state index is 0.0293. The summed E-state index contributed by atoms with van der Waals surface area (Å²) in [4.78, 5) is 26.9. The van der Waals surface area contributed by atoms with Gasteiger partial charge in [0.25, 0.3) is 11.5 Å². The van der Waals surface area contributed by atoms with Crippen LogP contribution in [0.1, 0.15) is 79.1 Å². The SMILES string of the molecule is CC[C@H](NC(=O)c1c(C)n(C2CCCCC2)c(=O)c2ccccc12)c1ccccc1. The van der Waals surface area contributed by atoms with Gasteiger partial charge in [-0.25, -0.2) is 0 Å². The average Bonchev–Trinajstić information content (AvgIpc) is 2.79. The molecule has 0 aliphatic heterocycles. The molecule has 0 bridgehead atoms. The molecule has 0 unspecified atom stereocenters.